The van der Waals surface area contributed by atoms with Gasteiger partial charge in [-0.25, -0.2) is 13.7 Å². The maximum Gasteiger partial charge on any atom is 0.220 e. The molecule has 1 atom stereocenters. The highest BCUT2D eigenvalue weighted by molar-refractivity contribution is 5.99. The number of pyridine rings is 6. The van der Waals surface area contributed by atoms with Gasteiger partial charge in [0, 0.05) is 74.4 Å². The normalized spacial score (nSPS) is 17.5. The summed E-state index contributed by atoms with van der Waals surface area (Å²) in [5.74, 6) is 0.457. The fraction of sp³-hybridized carbons (Fsp3) is 0.394. The number of hydrogen-bond donors (Lipinski definition) is 0. The highest BCUT2D eigenvalue weighted by Gasteiger charge is 2.30. The van der Waals surface area contributed by atoms with Crippen molar-refractivity contribution in [3.05, 3.63) is 343 Å². The third-order valence-corrected chi connectivity index (χ3v) is 31.9. The molecule has 0 radical (unpaired) electrons. The Labute approximate surface area is 849 Å². The Morgan fingerprint density at radius 2 is 0.667 bits per heavy atom. The molecular weight excluding hydrogens is 1670 g/mol. The SMILES string of the molecule is [2H]c1c(C)[n+](C)c(-c2cc(-c3cccnc3)ccc2C)c2ccc(C3CCCCC3)cc12.[2H]c1c([2H])[n+](C)c(-c2cc(C([2H])(C)C([2H])([2H])[2H])cc(C)c2C)c2ccc(C3CCCCC3)cc12.[2H]c1c([2H])[n+](C)c(-c2cc(C([2H])(C)C)cc(C)c2C)c2ccc(C3CCCCC3)cc12.[2H]c1c([2H])[n+](C)c(-c2cc(C)cc(C)c2C)c2ccc(C3CCCCC3)cc12.[2H]c1cc([2H])c(C)c(-c2c3ccc(C4CCCCC4)cc3c([2H])c(C)[n+]2C)c1. The minimum atomic E-state index is -2.48. The van der Waals surface area contributed by atoms with Crippen LogP contribution in [0.3, 0.4) is 0 Å². The van der Waals surface area contributed by atoms with Crippen LogP contribution in [-0.2, 0) is 35.2 Å². The summed E-state index contributed by atoms with van der Waals surface area (Å²) in [5.41, 5.74) is 32.5. The number of nitrogens with zero attached hydrogens (tertiary/aromatic N) is 6. The van der Waals surface area contributed by atoms with E-state index in [1.54, 1.807) is 29.8 Å². The van der Waals surface area contributed by atoms with Crippen LogP contribution >= 0.6 is 0 Å². The molecule has 5 aliphatic rings. The van der Waals surface area contributed by atoms with Gasteiger partial charge < -0.3 is 0 Å². The van der Waals surface area contributed by atoms with Gasteiger partial charge in [0.2, 0.25) is 28.5 Å². The smallest absolute Gasteiger partial charge is 0.220 e. The molecule has 0 saturated heterocycles. The largest absolute Gasteiger partial charge is 0.264 e. The van der Waals surface area contributed by atoms with Crippen molar-refractivity contribution in [2.24, 2.45) is 35.2 Å². The van der Waals surface area contributed by atoms with Gasteiger partial charge in [-0.15, -0.1) is 0 Å². The molecule has 710 valence electrons. The molecule has 6 heterocycles. The monoisotopic (exact) mass is 1840 g/mol. The average Bonchev–Trinajstić information content (AvgIpc) is 0.734. The van der Waals surface area contributed by atoms with E-state index < -0.39 is 18.6 Å². The summed E-state index contributed by atoms with van der Waals surface area (Å²) < 4.78 is 137. The number of benzene rings is 10. The summed E-state index contributed by atoms with van der Waals surface area (Å²) in [7, 11) is 9.67. The molecule has 16 aromatic rings. The predicted octanol–water partition coefficient (Wildman–Crippen LogP) is 33.6. The van der Waals surface area contributed by atoms with Gasteiger partial charge in [-0.3, -0.25) is 4.98 Å². The molecule has 5 saturated carbocycles. The Morgan fingerprint density at radius 1 is 0.312 bits per heavy atom. The van der Waals surface area contributed by atoms with Crippen LogP contribution in [0.2, 0.25) is 0 Å². The summed E-state index contributed by atoms with van der Waals surface area (Å²) in [6.45, 7) is 25.5. The molecule has 10 aromatic carbocycles. The van der Waals surface area contributed by atoms with Crippen molar-refractivity contribution in [3.8, 4) is 67.4 Å². The standard InChI is InChI=1S/C29H31N2.2C27H34N.C25H30N.C24H28N/c1-20-11-12-24(25-10-7-15-30-19-25)18-28(20)29-27-14-13-23(22-8-5-4-6-9-22)17-26(27)16-21(2)31(29)3;2*1-18(2)24-15-19(3)20(4)26(17-24)27-25-12-11-22(21-9-7-6-8-10-21)16-23(25)13-14-28(27)5;1-17-14-18(2)19(3)24(15-17)25-23-11-10-21(20-8-6-5-7-9-20)16-22(23)12-13-26(25)4;1-17-9-7-8-12-22(17)24-23-14-13-20(19-10-5-4-6-11-19)16-21(23)15-18(2)25(24)3/h7,10-19,22H,4-6,8-9H2,1-3H3;2*11-18,21H,6-10H2,1-5H3;10-16,20H,5-9H2,1-4H3;7-9,12-16,19H,4-6,10-11H2,1-3H3/q5*+1/i16D;1D3,13D,14D,18D;13D,14D,18D;12D,13D;8D,9D,15D. The zero-order valence-electron chi connectivity index (χ0n) is 101. The van der Waals surface area contributed by atoms with Gasteiger partial charge in [-0.1, -0.05) is 245 Å². The van der Waals surface area contributed by atoms with Gasteiger partial charge >= 0.3 is 0 Å². The lowest BCUT2D eigenvalue weighted by molar-refractivity contribution is -0.665. The van der Waals surface area contributed by atoms with Crippen molar-refractivity contribution < 1.29 is 43.4 Å². The molecule has 0 N–H and O–H groups in total. The third-order valence-electron chi connectivity index (χ3n) is 31.9. The van der Waals surface area contributed by atoms with Crippen LogP contribution in [0.25, 0.3) is 121 Å². The second-order valence-corrected chi connectivity index (χ2v) is 41.6. The molecule has 5 aliphatic carbocycles. The molecule has 138 heavy (non-hydrogen) atoms. The second-order valence-electron chi connectivity index (χ2n) is 41.6. The van der Waals surface area contributed by atoms with Crippen LogP contribution in [0.15, 0.2) is 243 Å². The maximum atomic E-state index is 8.90. The fourth-order valence-corrected chi connectivity index (χ4v) is 23.1. The molecule has 21 rings (SSSR count). The molecule has 1 unspecified atom stereocenters. The quantitative estimate of drug-likeness (QED) is 0.106. The Balaban J connectivity index is 0.000000130. The van der Waals surface area contributed by atoms with Crippen LogP contribution in [0, 0.1) is 76.2 Å². The Hall–Kier alpha value is -11.6. The van der Waals surface area contributed by atoms with E-state index in [1.165, 1.54) is 233 Å². The number of fused-ring (bicyclic) bond motifs is 5. The molecule has 0 aliphatic heterocycles. The highest BCUT2D eigenvalue weighted by Crippen LogP contribution is 2.45. The van der Waals surface area contributed by atoms with Gasteiger partial charge in [-0.05, 0) is 351 Å². The molecule has 5 fully saturated rings. The first-order valence-corrected chi connectivity index (χ1v) is 51.8. The maximum absolute atomic E-state index is 8.90. The van der Waals surface area contributed by atoms with Gasteiger partial charge in [0.1, 0.15) is 39.4 Å². The van der Waals surface area contributed by atoms with E-state index in [2.05, 4.69) is 205 Å². The number of rotatable bonds is 13. The Morgan fingerprint density at radius 3 is 1.04 bits per heavy atom. The van der Waals surface area contributed by atoms with E-state index in [-0.39, 0.29) is 24.6 Å². The second kappa shape index (κ2) is 43.8. The molecule has 0 amide bonds. The summed E-state index contributed by atoms with van der Waals surface area (Å²) >= 11 is 0. The van der Waals surface area contributed by atoms with Crippen LogP contribution in [-0.4, -0.2) is 4.98 Å². The molecular formula is C132H157N6+5. The van der Waals surface area contributed by atoms with Crippen LogP contribution in [0.4, 0.5) is 0 Å². The predicted molar refractivity (Wildman–Crippen MR) is 585 cm³/mol. The lowest BCUT2D eigenvalue weighted by atomic mass is 9.83. The molecule has 6 aromatic heterocycles. The molecule has 6 heteroatoms. The van der Waals surface area contributed by atoms with Crippen molar-refractivity contribution in [2.45, 2.75) is 306 Å². The van der Waals surface area contributed by atoms with Crippen LogP contribution in [0.5, 0.6) is 0 Å². The van der Waals surface area contributed by atoms with Crippen LogP contribution < -0.4 is 22.8 Å². The number of aryl methyl sites for hydroxylation is 5. The van der Waals surface area contributed by atoms with Crippen molar-refractivity contribution in [1.29, 1.82) is 0 Å². The van der Waals surface area contributed by atoms with Gasteiger partial charge in [0.05, 0.1) is 58.8 Å². The zero-order chi connectivity index (χ0) is 110. The molecule has 0 spiro atoms. The highest BCUT2D eigenvalue weighted by atomic mass is 15.0. The van der Waals surface area contributed by atoms with Gasteiger partial charge in [0.25, 0.3) is 0 Å². The van der Waals surface area contributed by atoms with Gasteiger partial charge in [0.15, 0.2) is 29.9 Å². The first-order chi connectivity index (χ1) is 72.7. The zero-order valence-corrected chi connectivity index (χ0v) is 86.1. The van der Waals surface area contributed by atoms with E-state index in [9.17, 15) is 0 Å². The molecule has 6 nitrogen and oxygen atoms in total. The summed E-state index contributed by atoms with van der Waals surface area (Å²) in [6, 6.07) is 62.3. The summed E-state index contributed by atoms with van der Waals surface area (Å²) in [6.07, 6.45) is 36.2. The first-order valence-electron chi connectivity index (χ1n) is 59.3. The minimum absolute atomic E-state index is 0.121. The van der Waals surface area contributed by atoms with E-state index in [0.29, 0.717) is 71.4 Å². The lowest BCUT2D eigenvalue weighted by Crippen LogP contribution is -2.35. The van der Waals surface area contributed by atoms with Crippen LogP contribution in [0.1, 0.15) is 350 Å². The third kappa shape index (κ3) is 21.6. The van der Waals surface area contributed by atoms with E-state index in [0.717, 1.165) is 151 Å². The Bertz CT molecular complexity index is 7810. The van der Waals surface area contributed by atoms with Crippen molar-refractivity contribution in [1.82, 2.24) is 4.98 Å². The van der Waals surface area contributed by atoms with Crippen molar-refractivity contribution in [3.63, 3.8) is 0 Å². The summed E-state index contributed by atoms with van der Waals surface area (Å²) in [4.78, 5) is 4.30. The lowest BCUT2D eigenvalue weighted by Gasteiger charge is -2.22. The van der Waals surface area contributed by atoms with E-state index in [4.69, 9.17) is 20.6 Å². The number of hydrogen-bond acceptors (Lipinski definition) is 1. The topological polar surface area (TPSA) is 32.3 Å². The fourth-order valence-electron chi connectivity index (χ4n) is 23.1. The van der Waals surface area contributed by atoms with Gasteiger partial charge in [-0.2, -0.15) is 9.13 Å². The Kier molecular flexibility index (Phi) is 25.5. The first kappa shape index (κ1) is 80.2. The van der Waals surface area contributed by atoms with Crippen molar-refractivity contribution in [2.75, 3.05) is 0 Å². The van der Waals surface area contributed by atoms with E-state index >= 15 is 0 Å². The minimum Gasteiger partial charge on any atom is -0.264 e. The summed E-state index contributed by atoms with van der Waals surface area (Å²) in [5, 5.41) is 9.77. The number of aromatic nitrogens is 6. The van der Waals surface area contributed by atoms with Crippen molar-refractivity contribution >= 4 is 53.9 Å². The van der Waals surface area contributed by atoms with E-state index in [1.807, 2.05) is 101 Å². The average molecular weight is 1840 g/mol. The molecule has 0 bridgehead atoms.